The number of benzene rings is 2. The first-order valence-electron chi connectivity index (χ1n) is 9.97. The fourth-order valence-electron chi connectivity index (χ4n) is 3.08. The fraction of sp³-hybridized carbons (Fsp3) is 0.391. The Hall–Kier alpha value is -1.75. The quantitative estimate of drug-likeness (QED) is 0.507. The van der Waals surface area contributed by atoms with Crippen LogP contribution in [0.4, 0.5) is 0 Å². The van der Waals surface area contributed by atoms with Gasteiger partial charge in [-0.15, -0.1) is 0 Å². The summed E-state index contributed by atoms with van der Waals surface area (Å²) in [5.74, 6) is -0.0703. The molecule has 0 heterocycles. The lowest BCUT2D eigenvalue weighted by molar-refractivity contribution is -0.141. The van der Waals surface area contributed by atoms with Gasteiger partial charge < -0.3 is 10.2 Å². The molecule has 0 radical (unpaired) electrons. The van der Waals surface area contributed by atoms with E-state index >= 15 is 0 Å². The van der Waals surface area contributed by atoms with Crippen molar-refractivity contribution in [2.45, 2.75) is 46.2 Å². The Morgan fingerprint density at radius 2 is 1.60 bits per heavy atom. The van der Waals surface area contributed by atoms with Gasteiger partial charge in [0, 0.05) is 28.2 Å². The van der Waals surface area contributed by atoms with Gasteiger partial charge in [0.15, 0.2) is 0 Å². The third-order valence-corrected chi connectivity index (χ3v) is 5.69. The van der Waals surface area contributed by atoms with Crippen LogP contribution >= 0.6 is 34.8 Å². The molecule has 0 saturated heterocycles. The summed E-state index contributed by atoms with van der Waals surface area (Å²) in [6, 6.07) is 11.8. The molecule has 0 bridgehead atoms. The maximum Gasteiger partial charge on any atom is 0.242 e. The van der Waals surface area contributed by atoms with Crippen molar-refractivity contribution in [1.29, 1.82) is 0 Å². The minimum absolute atomic E-state index is 0.0139. The molecule has 0 saturated carbocycles. The molecule has 1 atom stereocenters. The first-order chi connectivity index (χ1) is 14.2. The maximum atomic E-state index is 13.3. The second kappa shape index (κ2) is 11.6. The first-order valence-corrected chi connectivity index (χ1v) is 11.1. The minimum atomic E-state index is -0.604. The highest BCUT2D eigenvalue weighted by Gasteiger charge is 2.29. The topological polar surface area (TPSA) is 49.4 Å². The van der Waals surface area contributed by atoms with Crippen molar-refractivity contribution in [2.75, 3.05) is 6.54 Å². The van der Waals surface area contributed by atoms with Crippen molar-refractivity contribution < 1.29 is 9.59 Å². The van der Waals surface area contributed by atoms with Crippen LogP contribution in [0.3, 0.4) is 0 Å². The van der Waals surface area contributed by atoms with Gasteiger partial charge in [-0.05, 0) is 47.7 Å². The molecular weight excluding hydrogens is 443 g/mol. The van der Waals surface area contributed by atoms with Gasteiger partial charge in [0.2, 0.25) is 11.8 Å². The monoisotopic (exact) mass is 468 g/mol. The van der Waals surface area contributed by atoms with Crippen LogP contribution in [0.15, 0.2) is 42.5 Å². The minimum Gasteiger partial charge on any atom is -0.354 e. The van der Waals surface area contributed by atoms with Crippen molar-refractivity contribution in [3.05, 3.63) is 68.7 Å². The summed E-state index contributed by atoms with van der Waals surface area (Å²) in [6.45, 7) is 6.78. The van der Waals surface area contributed by atoms with Crippen LogP contribution in [-0.2, 0) is 22.6 Å². The van der Waals surface area contributed by atoms with Crippen LogP contribution in [0.2, 0.25) is 15.1 Å². The number of nitrogens with one attached hydrogen (secondary N) is 1. The van der Waals surface area contributed by atoms with Crippen LogP contribution in [0.25, 0.3) is 0 Å². The van der Waals surface area contributed by atoms with E-state index in [2.05, 4.69) is 5.32 Å². The third-order valence-electron chi connectivity index (χ3n) is 4.73. The summed E-state index contributed by atoms with van der Waals surface area (Å²) in [6.07, 6.45) is 0.500. The van der Waals surface area contributed by atoms with E-state index in [4.69, 9.17) is 34.8 Å². The highest BCUT2D eigenvalue weighted by Crippen LogP contribution is 2.26. The van der Waals surface area contributed by atoms with E-state index in [-0.39, 0.29) is 24.8 Å². The molecule has 162 valence electrons. The van der Waals surface area contributed by atoms with Crippen molar-refractivity contribution >= 4 is 46.6 Å². The van der Waals surface area contributed by atoms with Crippen molar-refractivity contribution in [3.8, 4) is 0 Å². The number of nitrogens with zero attached hydrogens (tertiary/aromatic N) is 1. The lowest BCUT2D eigenvalue weighted by atomic mass is 10.1. The molecule has 1 N–H and O–H groups in total. The first kappa shape index (κ1) is 24.5. The number of hydrogen-bond acceptors (Lipinski definition) is 2. The van der Waals surface area contributed by atoms with Gasteiger partial charge >= 0.3 is 0 Å². The SMILES string of the molecule is CCC(C(=O)NCC(C)C)N(Cc1ccc(Cl)cc1)C(=O)Cc1c(Cl)cccc1Cl. The van der Waals surface area contributed by atoms with E-state index in [0.717, 1.165) is 5.56 Å². The molecule has 30 heavy (non-hydrogen) atoms. The van der Waals surface area contributed by atoms with Crippen LogP contribution in [-0.4, -0.2) is 29.3 Å². The number of amides is 2. The Bertz CT molecular complexity index is 849. The lowest BCUT2D eigenvalue weighted by Gasteiger charge is -2.31. The molecule has 1 unspecified atom stereocenters. The molecule has 0 aliphatic carbocycles. The van der Waals surface area contributed by atoms with E-state index in [1.165, 1.54) is 0 Å². The van der Waals surface area contributed by atoms with Crippen molar-refractivity contribution in [2.24, 2.45) is 5.92 Å². The van der Waals surface area contributed by atoms with E-state index in [9.17, 15) is 9.59 Å². The smallest absolute Gasteiger partial charge is 0.242 e. The molecule has 2 aromatic carbocycles. The van der Waals surface area contributed by atoms with Gasteiger partial charge in [-0.2, -0.15) is 0 Å². The largest absolute Gasteiger partial charge is 0.354 e. The van der Waals surface area contributed by atoms with Gasteiger partial charge in [-0.1, -0.05) is 73.8 Å². The number of halogens is 3. The van der Waals surface area contributed by atoms with Crippen molar-refractivity contribution in [3.63, 3.8) is 0 Å². The van der Waals surface area contributed by atoms with Gasteiger partial charge in [-0.3, -0.25) is 9.59 Å². The summed E-state index contributed by atoms with van der Waals surface area (Å²) in [5.41, 5.74) is 1.44. The zero-order chi connectivity index (χ0) is 22.3. The van der Waals surface area contributed by atoms with Crippen LogP contribution in [0.1, 0.15) is 38.3 Å². The molecule has 2 amide bonds. The zero-order valence-corrected chi connectivity index (χ0v) is 19.7. The number of carbonyl (C=O) groups excluding carboxylic acids is 2. The summed E-state index contributed by atoms with van der Waals surface area (Å²) in [4.78, 5) is 27.8. The van der Waals surface area contributed by atoms with Gasteiger partial charge in [-0.25, -0.2) is 0 Å². The van der Waals surface area contributed by atoms with Gasteiger partial charge in [0.1, 0.15) is 6.04 Å². The van der Waals surface area contributed by atoms with Gasteiger partial charge in [0.05, 0.1) is 6.42 Å². The molecule has 0 aliphatic rings. The molecular formula is C23H27Cl3N2O2. The standard InChI is InChI=1S/C23H27Cl3N2O2/c1-4-21(23(30)27-13-15(2)3)28(14-16-8-10-17(24)11-9-16)22(29)12-18-19(25)6-5-7-20(18)26/h5-11,15,21H,4,12-14H2,1-3H3,(H,27,30). The molecule has 2 rings (SSSR count). The molecule has 2 aromatic rings. The molecule has 0 fully saturated rings. The Balaban J connectivity index is 2.32. The molecule has 0 aromatic heterocycles. The fourth-order valence-corrected chi connectivity index (χ4v) is 3.74. The summed E-state index contributed by atoms with van der Waals surface area (Å²) in [5, 5.41) is 4.42. The van der Waals surface area contributed by atoms with E-state index in [1.54, 1.807) is 35.2 Å². The Kier molecular flexibility index (Phi) is 9.47. The lowest BCUT2D eigenvalue weighted by Crippen LogP contribution is -2.50. The zero-order valence-electron chi connectivity index (χ0n) is 17.4. The third kappa shape index (κ3) is 6.90. The highest BCUT2D eigenvalue weighted by atomic mass is 35.5. The van der Waals surface area contributed by atoms with E-state index < -0.39 is 6.04 Å². The molecule has 7 heteroatoms. The second-order valence-corrected chi connectivity index (χ2v) is 8.84. The summed E-state index contributed by atoms with van der Waals surface area (Å²) in [7, 11) is 0. The predicted molar refractivity (Wildman–Crippen MR) is 124 cm³/mol. The molecule has 0 spiro atoms. The second-order valence-electron chi connectivity index (χ2n) is 7.59. The maximum absolute atomic E-state index is 13.3. The molecule has 4 nitrogen and oxygen atoms in total. The average Bonchev–Trinajstić information content (AvgIpc) is 2.70. The highest BCUT2D eigenvalue weighted by molar-refractivity contribution is 6.36. The van der Waals surface area contributed by atoms with Crippen LogP contribution in [0.5, 0.6) is 0 Å². The van der Waals surface area contributed by atoms with Crippen LogP contribution < -0.4 is 5.32 Å². The predicted octanol–water partition coefficient (Wildman–Crippen LogP) is 5.77. The number of carbonyl (C=O) groups is 2. The average molecular weight is 470 g/mol. The van der Waals surface area contributed by atoms with Crippen molar-refractivity contribution in [1.82, 2.24) is 10.2 Å². The Labute approximate surface area is 193 Å². The normalized spacial score (nSPS) is 12.0. The van der Waals surface area contributed by atoms with E-state index in [0.29, 0.717) is 39.5 Å². The van der Waals surface area contributed by atoms with Gasteiger partial charge in [0.25, 0.3) is 0 Å². The van der Waals surface area contributed by atoms with E-state index in [1.807, 2.05) is 32.9 Å². The van der Waals surface area contributed by atoms with Crippen LogP contribution in [0, 0.1) is 5.92 Å². The summed E-state index contributed by atoms with van der Waals surface area (Å²) < 4.78 is 0. The Morgan fingerprint density at radius 1 is 1.00 bits per heavy atom. The number of rotatable bonds is 9. The number of hydrogen-bond donors (Lipinski definition) is 1. The molecule has 0 aliphatic heterocycles. The Morgan fingerprint density at radius 3 is 2.13 bits per heavy atom. The summed E-state index contributed by atoms with van der Waals surface area (Å²) >= 11 is 18.5.